The van der Waals surface area contributed by atoms with Crippen molar-refractivity contribution in [2.45, 2.75) is 5.16 Å². The molecule has 0 unspecified atom stereocenters. The van der Waals surface area contributed by atoms with Crippen molar-refractivity contribution in [2.75, 3.05) is 27.1 Å². The maximum atomic E-state index is 13.9. The molecule has 12 heteroatoms. The number of hydrazone groups is 1. The van der Waals surface area contributed by atoms with Gasteiger partial charge in [0.25, 0.3) is 5.91 Å². The van der Waals surface area contributed by atoms with Crippen molar-refractivity contribution in [3.63, 3.8) is 0 Å². The Morgan fingerprint density at radius 3 is 2.39 bits per heavy atom. The van der Waals surface area contributed by atoms with Gasteiger partial charge in [0.15, 0.2) is 22.5 Å². The zero-order valence-corrected chi connectivity index (χ0v) is 22.2. The fourth-order valence-electron chi connectivity index (χ4n) is 3.54. The Morgan fingerprint density at radius 1 is 1.05 bits per heavy atom. The largest absolute Gasteiger partial charge is 0.493 e. The molecule has 0 saturated carbocycles. The van der Waals surface area contributed by atoms with E-state index in [2.05, 4.69) is 20.7 Å². The predicted octanol–water partition coefficient (Wildman–Crippen LogP) is 5.00. The number of carbonyl (C=O) groups is 1. The van der Waals surface area contributed by atoms with Crippen LogP contribution in [0.4, 0.5) is 4.39 Å². The van der Waals surface area contributed by atoms with Gasteiger partial charge in [0.05, 0.1) is 38.3 Å². The van der Waals surface area contributed by atoms with Gasteiger partial charge in [-0.05, 0) is 36.4 Å². The molecule has 0 saturated heterocycles. The molecule has 9 nitrogen and oxygen atoms in total. The molecule has 0 atom stereocenters. The maximum Gasteiger partial charge on any atom is 0.250 e. The van der Waals surface area contributed by atoms with Crippen molar-refractivity contribution in [1.29, 1.82) is 0 Å². The quantitative estimate of drug-likeness (QED) is 0.167. The third kappa shape index (κ3) is 5.90. The lowest BCUT2D eigenvalue weighted by atomic mass is 10.1. The molecule has 38 heavy (non-hydrogen) atoms. The maximum absolute atomic E-state index is 13.9. The standard InChI is InChI=1S/C26H23ClFN5O4S/c1-35-21-12-16(13-22(36-2)24(21)37-3)25-31-32-26(33(25)17-8-5-4-6-9-17)38-15-23(34)30-29-14-18-19(27)10-7-11-20(18)28/h4-14H,15H2,1-3H3,(H,30,34)/b29-14+. The van der Waals surface area contributed by atoms with E-state index in [1.807, 2.05) is 34.9 Å². The van der Waals surface area contributed by atoms with E-state index in [0.29, 0.717) is 33.8 Å². The second kappa shape index (κ2) is 12.4. The van der Waals surface area contributed by atoms with Gasteiger partial charge in [0.2, 0.25) is 5.75 Å². The summed E-state index contributed by atoms with van der Waals surface area (Å²) < 4.78 is 32.1. The summed E-state index contributed by atoms with van der Waals surface area (Å²) in [5, 5.41) is 13.2. The van der Waals surface area contributed by atoms with Crippen molar-refractivity contribution in [1.82, 2.24) is 20.2 Å². The highest BCUT2D eigenvalue weighted by molar-refractivity contribution is 7.99. The van der Waals surface area contributed by atoms with Crippen LogP contribution in [-0.4, -0.2) is 54.0 Å². The summed E-state index contributed by atoms with van der Waals surface area (Å²) in [6.45, 7) is 0. The van der Waals surface area contributed by atoms with Gasteiger partial charge >= 0.3 is 0 Å². The van der Waals surface area contributed by atoms with Gasteiger partial charge in [-0.25, -0.2) is 9.82 Å². The first-order valence-electron chi connectivity index (χ1n) is 11.2. The van der Waals surface area contributed by atoms with Crippen LogP contribution in [-0.2, 0) is 4.79 Å². The second-order valence-corrected chi connectivity index (χ2v) is 8.96. The first-order valence-corrected chi connectivity index (χ1v) is 12.5. The molecule has 0 fully saturated rings. The number of halogens is 2. The van der Waals surface area contributed by atoms with Crippen molar-refractivity contribution in [3.8, 4) is 34.3 Å². The normalized spacial score (nSPS) is 11.0. The number of thioether (sulfide) groups is 1. The molecule has 0 aliphatic heterocycles. The Balaban J connectivity index is 1.60. The van der Waals surface area contributed by atoms with E-state index in [9.17, 15) is 9.18 Å². The Bertz CT molecular complexity index is 1420. The Hall–Kier alpha value is -4.09. The minimum absolute atomic E-state index is 0.0252. The summed E-state index contributed by atoms with van der Waals surface area (Å²) in [6.07, 6.45) is 1.16. The van der Waals surface area contributed by atoms with Crippen molar-refractivity contribution >= 4 is 35.5 Å². The predicted molar refractivity (Wildman–Crippen MR) is 144 cm³/mol. The van der Waals surface area contributed by atoms with Gasteiger partial charge < -0.3 is 14.2 Å². The number of ether oxygens (including phenoxy) is 3. The molecule has 4 aromatic rings. The highest BCUT2D eigenvalue weighted by atomic mass is 35.5. The van der Waals surface area contributed by atoms with Crippen LogP contribution in [0.25, 0.3) is 17.1 Å². The number of rotatable bonds is 10. The zero-order valence-electron chi connectivity index (χ0n) is 20.6. The molecule has 0 aliphatic carbocycles. The number of nitrogens with zero attached hydrogens (tertiary/aromatic N) is 4. The second-order valence-electron chi connectivity index (χ2n) is 7.61. The van der Waals surface area contributed by atoms with Crippen LogP contribution < -0.4 is 19.6 Å². The van der Waals surface area contributed by atoms with Crippen LogP contribution in [0.5, 0.6) is 17.2 Å². The molecule has 0 aliphatic rings. The van der Waals surface area contributed by atoms with Crippen molar-refractivity contribution in [3.05, 3.63) is 77.1 Å². The number of hydrogen-bond donors (Lipinski definition) is 1. The molecule has 1 N–H and O–H groups in total. The van der Waals surface area contributed by atoms with Crippen LogP contribution in [0.3, 0.4) is 0 Å². The van der Waals surface area contributed by atoms with E-state index in [1.165, 1.54) is 39.5 Å². The number of aromatic nitrogens is 3. The smallest absolute Gasteiger partial charge is 0.250 e. The lowest BCUT2D eigenvalue weighted by molar-refractivity contribution is -0.118. The van der Waals surface area contributed by atoms with Crippen molar-refractivity contribution in [2.24, 2.45) is 5.10 Å². The Kier molecular flexibility index (Phi) is 8.82. The molecular formula is C26H23ClFN5O4S. The van der Waals surface area contributed by atoms with Gasteiger partial charge in [-0.1, -0.05) is 47.6 Å². The summed E-state index contributed by atoms with van der Waals surface area (Å²) in [6, 6.07) is 17.3. The lowest BCUT2D eigenvalue weighted by Gasteiger charge is -2.15. The molecular weight excluding hydrogens is 533 g/mol. The summed E-state index contributed by atoms with van der Waals surface area (Å²) in [5.41, 5.74) is 3.91. The van der Waals surface area contributed by atoms with Gasteiger partial charge in [-0.3, -0.25) is 9.36 Å². The monoisotopic (exact) mass is 555 g/mol. The number of amides is 1. The first-order chi connectivity index (χ1) is 18.5. The molecule has 3 aromatic carbocycles. The van der Waals surface area contributed by atoms with Crippen LogP contribution in [0.15, 0.2) is 70.9 Å². The molecule has 4 rings (SSSR count). The van der Waals surface area contributed by atoms with E-state index in [4.69, 9.17) is 25.8 Å². The molecule has 1 aromatic heterocycles. The summed E-state index contributed by atoms with van der Waals surface area (Å²) in [7, 11) is 4.60. The summed E-state index contributed by atoms with van der Waals surface area (Å²) in [5.74, 6) is 0.897. The van der Waals surface area contributed by atoms with E-state index >= 15 is 0 Å². The minimum atomic E-state index is -0.542. The van der Waals surface area contributed by atoms with E-state index in [0.717, 1.165) is 23.7 Å². The summed E-state index contributed by atoms with van der Waals surface area (Å²) >= 11 is 7.14. The SMILES string of the molecule is COc1cc(-c2nnc(SCC(=O)N/N=C/c3c(F)cccc3Cl)n2-c2ccccc2)cc(OC)c1OC. The van der Waals surface area contributed by atoms with Gasteiger partial charge in [0, 0.05) is 16.8 Å². The van der Waals surface area contributed by atoms with Crippen LogP contribution in [0.2, 0.25) is 5.02 Å². The average Bonchev–Trinajstić information content (AvgIpc) is 3.37. The minimum Gasteiger partial charge on any atom is -0.493 e. The molecule has 1 heterocycles. The Morgan fingerprint density at radius 2 is 1.76 bits per heavy atom. The van der Waals surface area contributed by atoms with E-state index in [-0.39, 0.29) is 16.3 Å². The van der Waals surface area contributed by atoms with Gasteiger partial charge in [-0.15, -0.1) is 10.2 Å². The first kappa shape index (κ1) is 27.0. The lowest BCUT2D eigenvalue weighted by Crippen LogP contribution is -2.20. The molecule has 0 radical (unpaired) electrons. The van der Waals surface area contributed by atoms with Gasteiger partial charge in [0.1, 0.15) is 5.82 Å². The zero-order chi connectivity index (χ0) is 27.1. The topological polar surface area (TPSA) is 99.9 Å². The fourth-order valence-corrected chi connectivity index (χ4v) is 4.49. The van der Waals surface area contributed by atoms with Crippen LogP contribution in [0, 0.1) is 5.82 Å². The number of methoxy groups -OCH3 is 3. The van der Waals surface area contributed by atoms with E-state index < -0.39 is 11.7 Å². The fraction of sp³-hybridized carbons (Fsp3) is 0.154. The molecule has 0 bridgehead atoms. The number of para-hydroxylation sites is 1. The van der Waals surface area contributed by atoms with E-state index in [1.54, 1.807) is 12.1 Å². The number of benzene rings is 3. The van der Waals surface area contributed by atoms with Crippen LogP contribution in [0.1, 0.15) is 5.56 Å². The number of nitrogens with one attached hydrogen (secondary N) is 1. The molecule has 1 amide bonds. The average molecular weight is 556 g/mol. The molecule has 196 valence electrons. The van der Waals surface area contributed by atoms with Gasteiger partial charge in [-0.2, -0.15) is 5.10 Å². The van der Waals surface area contributed by atoms with Crippen LogP contribution >= 0.6 is 23.4 Å². The third-order valence-electron chi connectivity index (χ3n) is 5.29. The Labute approximate surface area is 227 Å². The highest BCUT2D eigenvalue weighted by Crippen LogP contribution is 2.41. The highest BCUT2D eigenvalue weighted by Gasteiger charge is 2.21. The third-order valence-corrected chi connectivity index (χ3v) is 6.54. The number of carbonyl (C=O) groups excluding carboxylic acids is 1. The molecule has 0 spiro atoms. The number of hydrogen-bond acceptors (Lipinski definition) is 8. The summed E-state index contributed by atoms with van der Waals surface area (Å²) in [4.78, 5) is 12.5. The van der Waals surface area contributed by atoms with Crippen molar-refractivity contribution < 1.29 is 23.4 Å².